The van der Waals surface area contributed by atoms with Gasteiger partial charge in [0.25, 0.3) is 5.91 Å². The minimum absolute atomic E-state index is 0.174. The van der Waals surface area contributed by atoms with Crippen LogP contribution in [0.25, 0.3) is 0 Å². The van der Waals surface area contributed by atoms with Gasteiger partial charge in [0.15, 0.2) is 0 Å². The maximum absolute atomic E-state index is 12.3. The number of carbonyl (C=O) groups is 1. The van der Waals surface area contributed by atoms with Crippen LogP contribution in [0.1, 0.15) is 10.4 Å². The van der Waals surface area contributed by atoms with Crippen molar-refractivity contribution < 1.29 is 4.79 Å². The van der Waals surface area contributed by atoms with Gasteiger partial charge in [0, 0.05) is 17.9 Å². The van der Waals surface area contributed by atoms with E-state index < -0.39 is 0 Å². The third-order valence-corrected chi connectivity index (χ3v) is 4.72. The number of hydrogen-bond acceptors (Lipinski definition) is 1. The molecule has 0 saturated carbocycles. The molecule has 0 aliphatic heterocycles. The lowest BCUT2D eigenvalue weighted by molar-refractivity contribution is 0.102. The lowest BCUT2D eigenvalue weighted by Gasteiger charge is -2.09. The molecule has 1 N–H and O–H groups in total. The smallest absolute Gasteiger partial charge is 0.256 e. The molecule has 0 unspecified atom stereocenters. The summed E-state index contributed by atoms with van der Waals surface area (Å²) in [7, 11) is 0. The fourth-order valence-corrected chi connectivity index (χ4v) is 2.95. The van der Waals surface area contributed by atoms with E-state index in [1.165, 1.54) is 0 Å². The molecule has 0 fully saturated rings. The van der Waals surface area contributed by atoms with Crippen LogP contribution in [0, 0.1) is 0 Å². The first kappa shape index (κ1) is 15.2. The molecule has 0 aliphatic rings. The molecule has 2 nitrogen and oxygen atoms in total. The molecule has 2 rings (SSSR count). The number of nitrogens with one attached hydrogen (secondary N) is 1. The Kier molecular flexibility index (Phi) is 5.22. The fourth-order valence-electron chi connectivity index (χ4n) is 1.45. The van der Waals surface area contributed by atoms with Crippen LogP contribution < -0.4 is 5.32 Å². The number of hydrogen-bond donors (Lipinski definition) is 1. The van der Waals surface area contributed by atoms with Crippen molar-refractivity contribution in [3.8, 4) is 0 Å². The normalized spacial score (nSPS) is 10.3. The summed E-state index contributed by atoms with van der Waals surface area (Å²) in [5, 5.41) is 2.87. The highest BCUT2D eigenvalue weighted by molar-refractivity contribution is 9.11. The molecule has 0 saturated heterocycles. The van der Waals surface area contributed by atoms with Gasteiger partial charge in [-0.1, -0.05) is 31.9 Å². The van der Waals surface area contributed by atoms with Crippen LogP contribution in [-0.2, 0) is 0 Å². The van der Waals surface area contributed by atoms with E-state index in [0.717, 1.165) is 17.9 Å². The van der Waals surface area contributed by atoms with Gasteiger partial charge in [0.05, 0.1) is 11.3 Å². The second-order valence-electron chi connectivity index (χ2n) is 3.70. The Morgan fingerprint density at radius 3 is 2.11 bits per heavy atom. The molecule has 0 bridgehead atoms. The van der Waals surface area contributed by atoms with E-state index in [4.69, 9.17) is 0 Å². The monoisotopic (exact) mass is 509 g/mol. The van der Waals surface area contributed by atoms with Crippen molar-refractivity contribution in [1.29, 1.82) is 0 Å². The van der Waals surface area contributed by atoms with Crippen molar-refractivity contribution in [3.05, 3.63) is 59.9 Å². The summed E-state index contributed by atoms with van der Waals surface area (Å²) in [6, 6.07) is 11.1. The van der Waals surface area contributed by atoms with E-state index >= 15 is 0 Å². The quantitative estimate of drug-likeness (QED) is 0.526. The largest absolute Gasteiger partial charge is 0.321 e. The highest BCUT2D eigenvalue weighted by atomic mass is 79.9. The first-order valence-electron chi connectivity index (χ1n) is 5.19. The van der Waals surface area contributed by atoms with Gasteiger partial charge >= 0.3 is 0 Å². The van der Waals surface area contributed by atoms with Crippen LogP contribution in [0.2, 0.25) is 0 Å². The van der Waals surface area contributed by atoms with Gasteiger partial charge in [-0.3, -0.25) is 4.79 Å². The van der Waals surface area contributed by atoms with E-state index in [9.17, 15) is 4.79 Å². The Balaban J connectivity index is 2.30. The Bertz CT molecular complexity index is 643. The van der Waals surface area contributed by atoms with Gasteiger partial charge in [-0.2, -0.15) is 0 Å². The first-order valence-corrected chi connectivity index (χ1v) is 8.36. The Morgan fingerprint density at radius 1 is 0.842 bits per heavy atom. The minimum atomic E-state index is -0.174. The maximum atomic E-state index is 12.3. The topological polar surface area (TPSA) is 29.1 Å². The zero-order chi connectivity index (χ0) is 14.0. The molecule has 0 radical (unpaired) electrons. The molecule has 98 valence electrons. The average molecular weight is 513 g/mol. The van der Waals surface area contributed by atoms with Crippen LogP contribution in [0.5, 0.6) is 0 Å². The van der Waals surface area contributed by atoms with E-state index in [1.807, 2.05) is 30.3 Å². The molecule has 0 atom stereocenters. The molecule has 2 aromatic carbocycles. The molecule has 0 spiro atoms. The van der Waals surface area contributed by atoms with Crippen LogP contribution >= 0.6 is 63.7 Å². The van der Waals surface area contributed by atoms with E-state index in [-0.39, 0.29) is 5.91 Å². The lowest BCUT2D eigenvalue weighted by Crippen LogP contribution is -2.13. The first-order chi connectivity index (χ1) is 8.97. The lowest BCUT2D eigenvalue weighted by atomic mass is 10.2. The Morgan fingerprint density at radius 2 is 1.42 bits per heavy atom. The molecule has 0 heterocycles. The predicted octanol–water partition coefficient (Wildman–Crippen LogP) is 5.99. The standard InChI is InChI=1S/C13H7Br4NO/c14-7-1-3-10(16)9(5-7)13(19)18-12-6-8(15)2-4-11(12)17/h1-6H,(H,18,19). The number of carbonyl (C=O) groups excluding carboxylic acids is 1. The van der Waals surface area contributed by atoms with Crippen molar-refractivity contribution in [3.63, 3.8) is 0 Å². The van der Waals surface area contributed by atoms with Crippen LogP contribution in [0.15, 0.2) is 54.3 Å². The molecule has 0 aromatic heterocycles. The Labute approximate surface area is 144 Å². The zero-order valence-corrected chi connectivity index (χ0v) is 15.7. The summed E-state index contributed by atoms with van der Waals surface area (Å²) in [5.41, 5.74) is 1.28. The van der Waals surface area contributed by atoms with Crippen molar-refractivity contribution >= 4 is 75.3 Å². The second-order valence-corrected chi connectivity index (χ2v) is 7.24. The summed E-state index contributed by atoms with van der Waals surface area (Å²) < 4.78 is 3.34. The van der Waals surface area contributed by atoms with Crippen molar-refractivity contribution in [2.75, 3.05) is 5.32 Å². The average Bonchev–Trinajstić information content (AvgIpc) is 2.36. The zero-order valence-electron chi connectivity index (χ0n) is 9.38. The van der Waals surface area contributed by atoms with Crippen LogP contribution in [0.3, 0.4) is 0 Å². The van der Waals surface area contributed by atoms with E-state index in [2.05, 4.69) is 69.0 Å². The number of halogens is 4. The minimum Gasteiger partial charge on any atom is -0.321 e. The highest BCUT2D eigenvalue weighted by Crippen LogP contribution is 2.28. The molecule has 6 heteroatoms. The molecular formula is C13H7Br4NO. The number of anilines is 1. The third-order valence-electron chi connectivity index (χ3n) is 2.35. The van der Waals surface area contributed by atoms with Gasteiger partial charge in [-0.15, -0.1) is 0 Å². The van der Waals surface area contributed by atoms with Gasteiger partial charge < -0.3 is 5.32 Å². The molecule has 1 amide bonds. The summed E-state index contributed by atoms with van der Waals surface area (Å²) >= 11 is 13.5. The van der Waals surface area contributed by atoms with E-state index in [1.54, 1.807) is 6.07 Å². The van der Waals surface area contributed by atoms with Gasteiger partial charge in [-0.05, 0) is 68.3 Å². The Hall–Kier alpha value is -0.170. The van der Waals surface area contributed by atoms with Gasteiger partial charge in [-0.25, -0.2) is 0 Å². The maximum Gasteiger partial charge on any atom is 0.256 e. The summed E-state index contributed by atoms with van der Waals surface area (Å²) in [6.07, 6.45) is 0. The van der Waals surface area contributed by atoms with Gasteiger partial charge in [0.2, 0.25) is 0 Å². The summed E-state index contributed by atoms with van der Waals surface area (Å²) in [5.74, 6) is -0.174. The fraction of sp³-hybridized carbons (Fsp3) is 0. The number of benzene rings is 2. The molecule has 2 aromatic rings. The van der Waals surface area contributed by atoms with Crippen molar-refractivity contribution in [1.82, 2.24) is 0 Å². The van der Waals surface area contributed by atoms with Gasteiger partial charge in [0.1, 0.15) is 0 Å². The number of amides is 1. The number of rotatable bonds is 2. The second kappa shape index (κ2) is 6.52. The third kappa shape index (κ3) is 3.90. The van der Waals surface area contributed by atoms with Crippen LogP contribution in [0.4, 0.5) is 5.69 Å². The predicted molar refractivity (Wildman–Crippen MR) is 91.6 cm³/mol. The SMILES string of the molecule is O=C(Nc1cc(Br)ccc1Br)c1cc(Br)ccc1Br. The summed E-state index contributed by atoms with van der Waals surface area (Å²) in [4.78, 5) is 12.3. The van der Waals surface area contributed by atoms with Crippen molar-refractivity contribution in [2.24, 2.45) is 0 Å². The molecular weight excluding hydrogens is 506 g/mol. The highest BCUT2D eigenvalue weighted by Gasteiger charge is 2.12. The van der Waals surface area contributed by atoms with E-state index in [0.29, 0.717) is 11.3 Å². The van der Waals surface area contributed by atoms with Crippen LogP contribution in [-0.4, -0.2) is 5.91 Å². The van der Waals surface area contributed by atoms with Crippen molar-refractivity contribution in [2.45, 2.75) is 0 Å². The molecule has 0 aliphatic carbocycles. The molecule has 19 heavy (non-hydrogen) atoms. The summed E-state index contributed by atoms with van der Waals surface area (Å²) in [6.45, 7) is 0.